The smallest absolute Gasteiger partial charge is 0.182 e. The molecular weight excluding hydrogens is 1060 g/mol. The summed E-state index contributed by atoms with van der Waals surface area (Å²) in [4.78, 5) is 41.6. The highest BCUT2D eigenvalue weighted by Gasteiger charge is 2.55. The molecule has 0 fully saturated rings. The van der Waals surface area contributed by atoms with Gasteiger partial charge in [-0.3, -0.25) is 18.3 Å². The summed E-state index contributed by atoms with van der Waals surface area (Å²) in [5.41, 5.74) is 18.9. The summed E-state index contributed by atoms with van der Waals surface area (Å²) in [5.74, 6) is 3.23. The number of hydrogen-bond acceptors (Lipinski definition) is 8. The average Bonchev–Trinajstić information content (AvgIpc) is 1.53. The zero-order valence-electron chi connectivity index (χ0n) is 45.3. The molecule has 2 aliphatic heterocycles. The fourth-order valence-electron chi connectivity index (χ4n) is 13.5. The molecule has 2 aliphatic rings. The van der Waals surface area contributed by atoms with Crippen molar-refractivity contribution in [3.63, 3.8) is 0 Å². The average molecular weight is 1110 g/mol. The first kappa shape index (κ1) is 47.1. The highest BCUT2D eigenvalue weighted by Crippen LogP contribution is 2.43. The zero-order valence-corrected chi connectivity index (χ0v) is 46.3. The third-order valence-corrected chi connectivity index (χ3v) is 21.9. The van der Waals surface area contributed by atoms with Crippen molar-refractivity contribution in [3.8, 4) is 90.6 Å². The maximum absolute atomic E-state index is 5.44. The monoisotopic (exact) mass is 1100 g/mol. The number of aromatic nitrogens is 12. The Morgan fingerprint density at radius 2 is 0.471 bits per heavy atom. The number of para-hydroxylation sites is 4. The van der Waals surface area contributed by atoms with Gasteiger partial charge in [-0.2, -0.15) is 0 Å². The Morgan fingerprint density at radius 1 is 0.235 bits per heavy atom. The Hall–Kier alpha value is -11.5. The number of hydrogen-bond donors (Lipinski definition) is 0. The molecule has 18 rings (SSSR count). The fraction of sp³-hybridized carbons (Fsp3) is 0. The molecule has 0 amide bonds. The first-order chi connectivity index (χ1) is 42.2. The van der Waals surface area contributed by atoms with Crippen LogP contribution in [0.1, 0.15) is 0 Å². The Morgan fingerprint density at radius 3 is 0.706 bits per heavy atom. The van der Waals surface area contributed by atoms with Gasteiger partial charge in [0.15, 0.2) is 30.7 Å². The summed E-state index contributed by atoms with van der Waals surface area (Å²) in [6, 6.07) is 86.0. The molecule has 396 valence electrons. The summed E-state index contributed by atoms with van der Waals surface area (Å²) in [6.07, 6.45) is 7.39. The minimum absolute atomic E-state index is 0.789. The molecule has 12 nitrogen and oxygen atoms in total. The van der Waals surface area contributed by atoms with Crippen molar-refractivity contribution in [1.29, 1.82) is 0 Å². The first-order valence-corrected chi connectivity index (χ1v) is 30.3. The SMILES string of the molecule is c1ccc(-n2c(-c3ccc4c(c3)[Si]3(c5cc(-c6nc7cccnc7n6-c6ccccc6)ccc5-4)c4cc(-c5nc6cccnc6n5-c5ccccc5)ccc4-c4ccc(-c5nc6cccnc6n5-c5ccccc5)cc43)nc3cccnc32)cc1. The van der Waals surface area contributed by atoms with Gasteiger partial charge in [0.1, 0.15) is 45.4 Å². The lowest BCUT2D eigenvalue weighted by Crippen LogP contribution is -2.70. The summed E-state index contributed by atoms with van der Waals surface area (Å²) >= 11 is 0. The third-order valence-electron chi connectivity index (χ3n) is 17.0. The van der Waals surface area contributed by atoms with Gasteiger partial charge in [-0.25, -0.2) is 39.9 Å². The molecule has 0 bridgehead atoms. The predicted molar refractivity (Wildman–Crippen MR) is 339 cm³/mol. The van der Waals surface area contributed by atoms with Crippen LogP contribution in [-0.4, -0.2) is 66.2 Å². The predicted octanol–water partition coefficient (Wildman–Crippen LogP) is 12.6. The van der Waals surface area contributed by atoms with E-state index in [0.29, 0.717) is 0 Å². The Balaban J connectivity index is 0.968. The zero-order chi connectivity index (χ0) is 55.7. The minimum atomic E-state index is -3.56. The van der Waals surface area contributed by atoms with Crippen LogP contribution in [-0.2, 0) is 0 Å². The maximum atomic E-state index is 5.44. The van der Waals surface area contributed by atoms with E-state index in [9.17, 15) is 0 Å². The normalized spacial score (nSPS) is 12.8. The number of fused-ring (bicyclic) bond motifs is 14. The molecule has 0 unspecified atom stereocenters. The van der Waals surface area contributed by atoms with Gasteiger partial charge in [0, 0.05) is 69.8 Å². The lowest BCUT2D eigenvalue weighted by Gasteiger charge is -2.29. The van der Waals surface area contributed by atoms with Gasteiger partial charge < -0.3 is 0 Å². The van der Waals surface area contributed by atoms with E-state index in [1.165, 1.54) is 43.0 Å². The third kappa shape index (κ3) is 6.89. The van der Waals surface area contributed by atoms with Crippen molar-refractivity contribution in [2.24, 2.45) is 0 Å². The van der Waals surface area contributed by atoms with Crippen LogP contribution in [0.3, 0.4) is 0 Å². The number of rotatable bonds is 8. The Bertz CT molecular complexity index is 4710. The van der Waals surface area contributed by atoms with Crippen molar-refractivity contribution in [3.05, 3.63) is 267 Å². The van der Waals surface area contributed by atoms with Gasteiger partial charge >= 0.3 is 0 Å². The van der Waals surface area contributed by atoms with Gasteiger partial charge in [0.2, 0.25) is 0 Å². The van der Waals surface area contributed by atoms with Crippen LogP contribution in [0.15, 0.2) is 267 Å². The van der Waals surface area contributed by atoms with E-state index in [1.54, 1.807) is 0 Å². The Labute approximate surface area is 487 Å². The molecule has 1 spiro atoms. The van der Waals surface area contributed by atoms with Crippen LogP contribution >= 0.6 is 0 Å². The summed E-state index contributed by atoms with van der Waals surface area (Å²) < 4.78 is 8.80. The second kappa shape index (κ2) is 18.2. The van der Waals surface area contributed by atoms with Crippen LogP contribution in [0.5, 0.6) is 0 Å². The lowest BCUT2D eigenvalue weighted by atomic mass is 10.0. The van der Waals surface area contributed by atoms with Crippen LogP contribution in [0.25, 0.3) is 135 Å². The largest absolute Gasteiger partial charge is 0.277 e. The van der Waals surface area contributed by atoms with Crippen LogP contribution in [0, 0.1) is 0 Å². The maximum Gasteiger partial charge on any atom is 0.182 e. The van der Waals surface area contributed by atoms with Crippen LogP contribution in [0.4, 0.5) is 0 Å². The van der Waals surface area contributed by atoms with E-state index in [1.807, 2.05) is 97.6 Å². The molecule has 0 saturated heterocycles. The number of imidazole rings is 4. The number of nitrogens with zero attached hydrogens (tertiary/aromatic N) is 12. The molecule has 0 N–H and O–H groups in total. The summed E-state index contributed by atoms with van der Waals surface area (Å²) in [7, 11) is -3.56. The van der Waals surface area contributed by atoms with Crippen LogP contribution in [0.2, 0.25) is 0 Å². The minimum Gasteiger partial charge on any atom is -0.277 e. The number of pyridine rings is 4. The quantitative estimate of drug-likeness (QED) is 0.138. The first-order valence-electron chi connectivity index (χ1n) is 28.3. The van der Waals surface area contributed by atoms with E-state index >= 15 is 0 Å². The molecule has 0 saturated carbocycles. The van der Waals surface area contributed by atoms with E-state index in [-0.39, 0.29) is 0 Å². The molecular formula is C72H44N12Si. The van der Waals surface area contributed by atoms with E-state index < -0.39 is 8.07 Å². The van der Waals surface area contributed by atoms with E-state index in [2.05, 4.69) is 188 Å². The molecule has 8 aromatic heterocycles. The van der Waals surface area contributed by atoms with E-state index in [4.69, 9.17) is 39.9 Å². The van der Waals surface area contributed by atoms with Crippen molar-refractivity contribution in [1.82, 2.24) is 58.1 Å². The van der Waals surface area contributed by atoms with Gasteiger partial charge in [-0.15, -0.1) is 0 Å². The summed E-state index contributed by atoms with van der Waals surface area (Å²) in [5, 5.41) is 5.00. The molecule has 13 heteroatoms. The molecule has 0 aliphatic carbocycles. The topological polar surface area (TPSA) is 123 Å². The molecule has 16 aromatic rings. The lowest BCUT2D eigenvalue weighted by molar-refractivity contribution is 1.08. The molecule has 85 heavy (non-hydrogen) atoms. The van der Waals surface area contributed by atoms with E-state index in [0.717, 1.165) is 113 Å². The Kier molecular flexibility index (Phi) is 10.1. The molecule has 8 aromatic carbocycles. The molecule has 0 radical (unpaired) electrons. The van der Waals surface area contributed by atoms with Crippen molar-refractivity contribution < 1.29 is 0 Å². The second-order valence-electron chi connectivity index (χ2n) is 21.6. The van der Waals surface area contributed by atoms with Gasteiger partial charge in [0.25, 0.3) is 0 Å². The van der Waals surface area contributed by atoms with Crippen molar-refractivity contribution in [2.75, 3.05) is 0 Å². The second-order valence-corrected chi connectivity index (χ2v) is 25.3. The van der Waals surface area contributed by atoms with Crippen LogP contribution < -0.4 is 20.7 Å². The highest BCUT2D eigenvalue weighted by molar-refractivity contribution is 7.24. The highest BCUT2D eigenvalue weighted by atomic mass is 28.3. The number of benzene rings is 8. The van der Waals surface area contributed by atoms with Gasteiger partial charge in [-0.05, 0) is 140 Å². The molecule has 10 heterocycles. The van der Waals surface area contributed by atoms with Gasteiger partial charge in [-0.1, -0.05) is 146 Å². The standard InChI is InChI=1S/C72H44N12Si/c1-5-17-49(18-6-1)81-65(77-57-25-13-37-73-69(57)81)45-29-33-53-54-34-30-46(66-78-58-26-14-38-74-70(58)82(66)50-19-7-2-8-20-50)42-62(54)85(61(53)41-45)63-43-47(67-79-59-27-15-39-75-71(59)83(67)51-21-9-3-10-22-51)31-35-55(63)56-36-32-48(44-64(56)85)68-80-60-28-16-40-76-72(60)84(68)52-23-11-4-12-24-52/h1-44H. The van der Waals surface area contributed by atoms with Gasteiger partial charge in [0.05, 0.1) is 0 Å². The summed E-state index contributed by atoms with van der Waals surface area (Å²) in [6.45, 7) is 0. The van der Waals surface area contributed by atoms with Crippen molar-refractivity contribution in [2.45, 2.75) is 0 Å². The van der Waals surface area contributed by atoms with Crippen molar-refractivity contribution >= 4 is 73.5 Å². The molecule has 0 atom stereocenters. The fourth-order valence-corrected chi connectivity index (χ4v) is 19.2.